The minimum absolute atomic E-state index is 0.307. The van der Waals surface area contributed by atoms with Gasteiger partial charge in [-0.05, 0) is 0 Å². The molecule has 0 amide bonds. The minimum atomic E-state index is -1.28. The van der Waals surface area contributed by atoms with Crippen molar-refractivity contribution in [3.8, 4) is 0 Å². The first kappa shape index (κ1) is 10.3. The number of carbonyl (C=O) groups is 1. The first-order chi connectivity index (χ1) is 5.11. The zero-order valence-electron chi connectivity index (χ0n) is 6.23. The standard InChI is InChI=1S/C6H12O5/c1-11-6(10)2-4(8)5(9)3-7/h4-5,7-9H,2-3H2,1H3/t4-,5+/m0/s1. The van der Waals surface area contributed by atoms with Gasteiger partial charge in [0.25, 0.3) is 0 Å². The van der Waals surface area contributed by atoms with Gasteiger partial charge in [-0.15, -0.1) is 0 Å². The van der Waals surface area contributed by atoms with E-state index in [0.717, 1.165) is 0 Å². The molecule has 0 spiro atoms. The van der Waals surface area contributed by atoms with Crippen molar-refractivity contribution in [3.05, 3.63) is 0 Å². The molecule has 0 radical (unpaired) electrons. The summed E-state index contributed by atoms with van der Waals surface area (Å²) in [5, 5.41) is 26.0. The van der Waals surface area contributed by atoms with Crippen molar-refractivity contribution in [1.82, 2.24) is 0 Å². The van der Waals surface area contributed by atoms with E-state index in [9.17, 15) is 4.79 Å². The highest BCUT2D eigenvalue weighted by molar-refractivity contribution is 5.69. The van der Waals surface area contributed by atoms with E-state index in [0.29, 0.717) is 0 Å². The van der Waals surface area contributed by atoms with Crippen LogP contribution in [-0.4, -0.2) is 47.2 Å². The summed E-state index contributed by atoms with van der Waals surface area (Å²) in [6.45, 7) is -0.571. The Morgan fingerprint density at radius 1 is 1.45 bits per heavy atom. The number of rotatable bonds is 4. The average molecular weight is 164 g/mol. The Bertz CT molecular complexity index is 124. The van der Waals surface area contributed by atoms with Gasteiger partial charge in [-0.1, -0.05) is 0 Å². The molecular weight excluding hydrogens is 152 g/mol. The molecular formula is C6H12O5. The van der Waals surface area contributed by atoms with E-state index in [1.54, 1.807) is 0 Å². The molecule has 0 unspecified atom stereocenters. The molecule has 0 aromatic heterocycles. The Balaban J connectivity index is 3.67. The summed E-state index contributed by atoms with van der Waals surface area (Å²) in [4.78, 5) is 10.5. The predicted octanol–water partition coefficient (Wildman–Crippen LogP) is -1.74. The van der Waals surface area contributed by atoms with Crippen LogP contribution < -0.4 is 0 Å². The maximum Gasteiger partial charge on any atom is 0.308 e. The van der Waals surface area contributed by atoms with Gasteiger partial charge in [-0.2, -0.15) is 0 Å². The number of methoxy groups -OCH3 is 1. The minimum Gasteiger partial charge on any atom is -0.469 e. The predicted molar refractivity (Wildman–Crippen MR) is 35.7 cm³/mol. The fourth-order valence-corrected chi connectivity index (χ4v) is 0.512. The molecule has 0 fully saturated rings. The number of aliphatic hydroxyl groups is 3. The maximum atomic E-state index is 10.5. The summed E-state index contributed by atoms with van der Waals surface area (Å²) >= 11 is 0. The van der Waals surface area contributed by atoms with Crippen molar-refractivity contribution in [2.45, 2.75) is 18.6 Å². The van der Waals surface area contributed by atoms with E-state index < -0.39 is 24.8 Å². The van der Waals surface area contributed by atoms with E-state index >= 15 is 0 Å². The molecule has 0 saturated heterocycles. The van der Waals surface area contributed by atoms with Crippen LogP contribution in [0.4, 0.5) is 0 Å². The zero-order valence-corrected chi connectivity index (χ0v) is 6.23. The number of aliphatic hydroxyl groups excluding tert-OH is 3. The van der Waals surface area contributed by atoms with Crippen LogP contribution in [0.2, 0.25) is 0 Å². The summed E-state index contributed by atoms with van der Waals surface area (Å²) in [6, 6.07) is 0. The van der Waals surface area contributed by atoms with Gasteiger partial charge in [0.15, 0.2) is 0 Å². The zero-order chi connectivity index (χ0) is 8.85. The largest absolute Gasteiger partial charge is 0.469 e. The van der Waals surface area contributed by atoms with E-state index in [-0.39, 0.29) is 6.42 Å². The normalized spacial score (nSPS) is 15.6. The Labute approximate surface area is 64.2 Å². The van der Waals surface area contributed by atoms with Crippen LogP contribution in [0.15, 0.2) is 0 Å². The van der Waals surface area contributed by atoms with Crippen molar-refractivity contribution >= 4 is 5.97 Å². The van der Waals surface area contributed by atoms with Gasteiger partial charge in [0, 0.05) is 0 Å². The van der Waals surface area contributed by atoms with Gasteiger partial charge in [-0.25, -0.2) is 0 Å². The molecule has 66 valence electrons. The van der Waals surface area contributed by atoms with Crippen LogP contribution >= 0.6 is 0 Å². The molecule has 0 aliphatic carbocycles. The topological polar surface area (TPSA) is 87.0 Å². The first-order valence-electron chi connectivity index (χ1n) is 3.15. The van der Waals surface area contributed by atoms with Crippen molar-refractivity contribution in [2.75, 3.05) is 13.7 Å². The quantitative estimate of drug-likeness (QED) is 0.429. The summed E-state index contributed by atoms with van der Waals surface area (Å²) in [6.07, 6.45) is -2.85. The SMILES string of the molecule is COC(=O)C[C@H](O)[C@H](O)CO. The van der Waals surface area contributed by atoms with Gasteiger partial charge in [0.05, 0.1) is 26.2 Å². The molecule has 0 aromatic rings. The lowest BCUT2D eigenvalue weighted by Crippen LogP contribution is -2.31. The lowest BCUT2D eigenvalue weighted by atomic mass is 10.1. The summed E-state index contributed by atoms with van der Waals surface area (Å²) in [5.74, 6) is -0.620. The molecule has 0 bridgehead atoms. The van der Waals surface area contributed by atoms with Crippen molar-refractivity contribution in [3.63, 3.8) is 0 Å². The molecule has 2 atom stereocenters. The van der Waals surface area contributed by atoms with E-state index in [4.69, 9.17) is 15.3 Å². The maximum absolute atomic E-state index is 10.5. The number of carbonyl (C=O) groups excluding carboxylic acids is 1. The van der Waals surface area contributed by atoms with Crippen molar-refractivity contribution in [1.29, 1.82) is 0 Å². The molecule has 0 aliphatic rings. The van der Waals surface area contributed by atoms with E-state index in [1.165, 1.54) is 7.11 Å². The number of esters is 1. The number of hydrogen-bond donors (Lipinski definition) is 3. The summed E-state index contributed by atoms with van der Waals surface area (Å²) < 4.78 is 4.22. The molecule has 0 rings (SSSR count). The third-order valence-corrected chi connectivity index (χ3v) is 1.23. The van der Waals surface area contributed by atoms with Crippen molar-refractivity contribution < 1.29 is 24.9 Å². The third kappa shape index (κ3) is 3.92. The van der Waals surface area contributed by atoms with Crippen LogP contribution in [0, 0.1) is 0 Å². The first-order valence-corrected chi connectivity index (χ1v) is 3.15. The second-order valence-electron chi connectivity index (χ2n) is 2.10. The number of hydrogen-bond acceptors (Lipinski definition) is 5. The molecule has 5 nitrogen and oxygen atoms in total. The second kappa shape index (κ2) is 5.06. The van der Waals surface area contributed by atoms with Gasteiger partial charge in [0.2, 0.25) is 0 Å². The Hall–Kier alpha value is -0.650. The second-order valence-corrected chi connectivity index (χ2v) is 2.10. The Kier molecular flexibility index (Phi) is 4.76. The fraction of sp³-hybridized carbons (Fsp3) is 0.833. The lowest BCUT2D eigenvalue weighted by molar-refractivity contribution is -0.145. The molecule has 0 aromatic carbocycles. The molecule has 11 heavy (non-hydrogen) atoms. The summed E-state index contributed by atoms with van der Waals surface area (Å²) in [5.41, 5.74) is 0. The van der Waals surface area contributed by atoms with Crippen molar-refractivity contribution in [2.24, 2.45) is 0 Å². The highest BCUT2D eigenvalue weighted by atomic mass is 16.5. The smallest absolute Gasteiger partial charge is 0.308 e. The van der Waals surface area contributed by atoms with Gasteiger partial charge in [0.1, 0.15) is 6.10 Å². The molecule has 0 heterocycles. The Morgan fingerprint density at radius 2 is 2.00 bits per heavy atom. The van der Waals surface area contributed by atoms with E-state index in [1.807, 2.05) is 0 Å². The summed E-state index contributed by atoms with van der Waals surface area (Å²) in [7, 11) is 1.18. The van der Waals surface area contributed by atoms with Gasteiger partial charge < -0.3 is 20.1 Å². The molecule has 5 heteroatoms. The molecule has 3 N–H and O–H groups in total. The van der Waals surface area contributed by atoms with E-state index in [2.05, 4.69) is 4.74 Å². The Morgan fingerprint density at radius 3 is 2.36 bits per heavy atom. The van der Waals surface area contributed by atoms with Crippen LogP contribution in [0.25, 0.3) is 0 Å². The number of ether oxygens (including phenoxy) is 1. The molecule has 0 aliphatic heterocycles. The third-order valence-electron chi connectivity index (χ3n) is 1.23. The monoisotopic (exact) mass is 164 g/mol. The van der Waals surface area contributed by atoms with Crippen LogP contribution in [0.1, 0.15) is 6.42 Å². The lowest BCUT2D eigenvalue weighted by Gasteiger charge is -2.13. The van der Waals surface area contributed by atoms with Gasteiger partial charge in [-0.3, -0.25) is 4.79 Å². The highest BCUT2D eigenvalue weighted by Gasteiger charge is 2.18. The van der Waals surface area contributed by atoms with Gasteiger partial charge >= 0.3 is 5.97 Å². The average Bonchev–Trinajstić information content (AvgIpc) is 2.02. The van der Waals surface area contributed by atoms with Crippen LogP contribution in [-0.2, 0) is 9.53 Å². The van der Waals surface area contributed by atoms with Crippen LogP contribution in [0.5, 0.6) is 0 Å². The highest BCUT2D eigenvalue weighted by Crippen LogP contribution is 1.99. The van der Waals surface area contributed by atoms with Crippen LogP contribution in [0.3, 0.4) is 0 Å². The molecule has 0 saturated carbocycles. The fourth-order valence-electron chi connectivity index (χ4n) is 0.512.